The summed E-state index contributed by atoms with van der Waals surface area (Å²) in [6, 6.07) is 0. The van der Waals surface area contributed by atoms with Crippen LogP contribution in [0.2, 0.25) is 0 Å². The Kier molecular flexibility index (Phi) is 4.79. The van der Waals surface area contributed by atoms with Gasteiger partial charge in [0.15, 0.2) is 23.3 Å². The number of halogens is 7. The summed E-state index contributed by atoms with van der Waals surface area (Å²) < 4.78 is 90.9. The van der Waals surface area contributed by atoms with Crippen molar-refractivity contribution in [3.63, 3.8) is 0 Å². The number of hydrogen-bond acceptors (Lipinski definition) is 1. The van der Waals surface area contributed by atoms with Crippen LogP contribution in [0.1, 0.15) is 32.8 Å². The summed E-state index contributed by atoms with van der Waals surface area (Å²) in [5, 5.41) is 1.56. The fourth-order valence-electron chi connectivity index (χ4n) is 1.66. The fourth-order valence-corrected chi connectivity index (χ4v) is 1.66. The number of amides is 1. The SMILES string of the molecule is CC(C)(C)CC(=O)Nc1c(F)c(F)c(C(F)(F)F)c(F)c1F. The summed E-state index contributed by atoms with van der Waals surface area (Å²) in [5.41, 5.74) is -4.88. The van der Waals surface area contributed by atoms with Gasteiger partial charge in [-0.3, -0.25) is 4.79 Å². The molecule has 1 N–H and O–H groups in total. The molecule has 0 saturated heterocycles. The summed E-state index contributed by atoms with van der Waals surface area (Å²) in [6.07, 6.45) is -5.89. The van der Waals surface area contributed by atoms with Gasteiger partial charge in [-0.1, -0.05) is 20.8 Å². The molecule has 1 amide bonds. The number of alkyl halides is 3. The van der Waals surface area contributed by atoms with E-state index in [0.717, 1.165) is 0 Å². The van der Waals surface area contributed by atoms with E-state index in [4.69, 9.17) is 0 Å². The minimum atomic E-state index is -5.62. The Morgan fingerprint density at radius 1 is 0.909 bits per heavy atom. The average Bonchev–Trinajstić information content (AvgIpc) is 2.28. The first-order valence-corrected chi connectivity index (χ1v) is 5.98. The van der Waals surface area contributed by atoms with E-state index in [9.17, 15) is 35.5 Å². The molecule has 9 heteroatoms. The zero-order valence-electron chi connectivity index (χ0n) is 11.8. The van der Waals surface area contributed by atoms with Crippen molar-refractivity contribution >= 4 is 11.6 Å². The van der Waals surface area contributed by atoms with Gasteiger partial charge in [0.25, 0.3) is 0 Å². The normalized spacial score (nSPS) is 12.5. The van der Waals surface area contributed by atoms with Crippen LogP contribution in [0.4, 0.5) is 36.4 Å². The van der Waals surface area contributed by atoms with Crippen molar-refractivity contribution in [1.29, 1.82) is 0 Å². The van der Waals surface area contributed by atoms with Crippen LogP contribution in [-0.4, -0.2) is 5.91 Å². The molecule has 22 heavy (non-hydrogen) atoms. The molecule has 2 nitrogen and oxygen atoms in total. The lowest BCUT2D eigenvalue weighted by Crippen LogP contribution is -2.23. The number of carbonyl (C=O) groups is 1. The third-order valence-corrected chi connectivity index (χ3v) is 2.50. The largest absolute Gasteiger partial charge is 0.422 e. The number of hydrogen-bond donors (Lipinski definition) is 1. The molecule has 0 saturated carbocycles. The fraction of sp³-hybridized carbons (Fsp3) is 0.462. The van der Waals surface area contributed by atoms with Crippen LogP contribution in [0.25, 0.3) is 0 Å². The summed E-state index contributed by atoms with van der Waals surface area (Å²) in [5.74, 6) is -10.8. The molecule has 0 radical (unpaired) electrons. The molecule has 0 atom stereocenters. The van der Waals surface area contributed by atoms with Gasteiger partial charge in [0.05, 0.1) is 0 Å². The lowest BCUT2D eigenvalue weighted by molar-refractivity contribution is -0.143. The molecule has 0 heterocycles. The van der Waals surface area contributed by atoms with Crippen LogP contribution in [0, 0.1) is 28.7 Å². The molecule has 0 bridgehead atoms. The van der Waals surface area contributed by atoms with E-state index in [0.29, 0.717) is 0 Å². The van der Waals surface area contributed by atoms with E-state index >= 15 is 0 Å². The van der Waals surface area contributed by atoms with E-state index < -0.39 is 52.0 Å². The molecule has 0 aliphatic rings. The quantitative estimate of drug-likeness (QED) is 0.621. The van der Waals surface area contributed by atoms with Gasteiger partial charge < -0.3 is 5.32 Å². The predicted molar refractivity (Wildman–Crippen MR) is 64.0 cm³/mol. The van der Waals surface area contributed by atoms with Crippen molar-refractivity contribution in [1.82, 2.24) is 0 Å². The lowest BCUT2D eigenvalue weighted by Gasteiger charge is -2.18. The molecule has 1 rings (SSSR count). The molecule has 124 valence electrons. The van der Waals surface area contributed by atoms with E-state index in [-0.39, 0.29) is 6.42 Å². The summed E-state index contributed by atoms with van der Waals surface area (Å²) in [6.45, 7) is 4.81. The molecule has 0 spiro atoms. The Morgan fingerprint density at radius 3 is 1.64 bits per heavy atom. The van der Waals surface area contributed by atoms with E-state index in [1.807, 2.05) is 0 Å². The number of benzene rings is 1. The van der Waals surface area contributed by atoms with Gasteiger partial charge >= 0.3 is 6.18 Å². The van der Waals surface area contributed by atoms with E-state index in [2.05, 4.69) is 0 Å². The third-order valence-electron chi connectivity index (χ3n) is 2.50. The van der Waals surface area contributed by atoms with Crippen LogP contribution in [0.5, 0.6) is 0 Å². The number of rotatable bonds is 2. The minimum Gasteiger partial charge on any atom is -0.321 e. The Balaban J connectivity index is 3.33. The standard InChI is InChI=1S/C13H12F7NO/c1-12(2,3)4-5(22)21-11-9(16)7(14)6(13(18,19)20)8(15)10(11)17/h4H2,1-3H3,(H,21,22). The molecular formula is C13H12F7NO. The molecule has 0 unspecified atom stereocenters. The van der Waals surface area contributed by atoms with Gasteiger partial charge in [0.2, 0.25) is 5.91 Å². The van der Waals surface area contributed by atoms with Gasteiger partial charge in [0.1, 0.15) is 11.3 Å². The molecule has 0 aliphatic carbocycles. The smallest absolute Gasteiger partial charge is 0.321 e. The number of anilines is 1. The zero-order chi connectivity index (χ0) is 17.5. The number of carbonyl (C=O) groups excluding carboxylic acids is 1. The third kappa shape index (κ3) is 3.89. The van der Waals surface area contributed by atoms with Crippen LogP contribution >= 0.6 is 0 Å². The topological polar surface area (TPSA) is 29.1 Å². The highest BCUT2D eigenvalue weighted by Gasteiger charge is 2.42. The first kappa shape index (κ1) is 18.2. The summed E-state index contributed by atoms with van der Waals surface area (Å²) in [7, 11) is 0. The lowest BCUT2D eigenvalue weighted by atomic mass is 9.92. The minimum absolute atomic E-state index is 0.268. The van der Waals surface area contributed by atoms with E-state index in [1.165, 1.54) is 0 Å². The van der Waals surface area contributed by atoms with Crippen molar-refractivity contribution in [3.8, 4) is 0 Å². The van der Waals surface area contributed by atoms with Gasteiger partial charge in [0, 0.05) is 6.42 Å². The van der Waals surface area contributed by atoms with Gasteiger partial charge in [-0.2, -0.15) is 13.2 Å². The second-order valence-corrected chi connectivity index (χ2v) is 5.79. The summed E-state index contributed by atoms with van der Waals surface area (Å²) in [4.78, 5) is 11.5. The van der Waals surface area contributed by atoms with Gasteiger partial charge in [-0.25, -0.2) is 17.6 Å². The van der Waals surface area contributed by atoms with Crippen molar-refractivity contribution in [3.05, 3.63) is 28.8 Å². The van der Waals surface area contributed by atoms with Crippen LogP contribution in [0.15, 0.2) is 0 Å². The van der Waals surface area contributed by atoms with Crippen LogP contribution in [0.3, 0.4) is 0 Å². The first-order chi connectivity index (χ1) is 9.75. The zero-order valence-corrected chi connectivity index (χ0v) is 11.8. The Bertz CT molecular complexity index is 573. The highest BCUT2D eigenvalue weighted by molar-refractivity contribution is 5.91. The van der Waals surface area contributed by atoms with Crippen molar-refractivity contribution in [2.75, 3.05) is 5.32 Å². The monoisotopic (exact) mass is 331 g/mol. The highest BCUT2D eigenvalue weighted by Crippen LogP contribution is 2.38. The molecule has 1 aromatic carbocycles. The van der Waals surface area contributed by atoms with Crippen molar-refractivity contribution in [2.24, 2.45) is 5.41 Å². The van der Waals surface area contributed by atoms with E-state index in [1.54, 1.807) is 26.1 Å². The second-order valence-electron chi connectivity index (χ2n) is 5.79. The Morgan fingerprint density at radius 2 is 1.32 bits per heavy atom. The van der Waals surface area contributed by atoms with Crippen molar-refractivity contribution in [2.45, 2.75) is 33.4 Å². The van der Waals surface area contributed by atoms with Crippen LogP contribution < -0.4 is 5.32 Å². The Hall–Kier alpha value is -1.80. The molecule has 0 fully saturated rings. The van der Waals surface area contributed by atoms with Crippen molar-refractivity contribution < 1.29 is 35.5 Å². The molecule has 0 aliphatic heterocycles. The molecule has 0 aromatic heterocycles. The maximum absolute atomic E-state index is 13.5. The highest BCUT2D eigenvalue weighted by atomic mass is 19.4. The maximum atomic E-state index is 13.5. The second kappa shape index (κ2) is 5.77. The number of nitrogens with one attached hydrogen (secondary N) is 1. The van der Waals surface area contributed by atoms with Gasteiger partial charge in [-0.15, -0.1) is 0 Å². The van der Waals surface area contributed by atoms with Crippen LogP contribution in [-0.2, 0) is 11.0 Å². The summed E-state index contributed by atoms with van der Waals surface area (Å²) >= 11 is 0. The molecule has 1 aromatic rings. The maximum Gasteiger partial charge on any atom is 0.422 e. The molecular weight excluding hydrogens is 319 g/mol. The average molecular weight is 331 g/mol. The predicted octanol–water partition coefficient (Wildman–Crippen LogP) is 4.64. The Labute approximate surface area is 121 Å². The van der Waals surface area contributed by atoms with Gasteiger partial charge in [-0.05, 0) is 5.41 Å². The first-order valence-electron chi connectivity index (χ1n) is 5.98.